The van der Waals surface area contributed by atoms with Crippen molar-refractivity contribution in [1.82, 2.24) is 4.98 Å². The van der Waals surface area contributed by atoms with E-state index in [0.29, 0.717) is 22.7 Å². The summed E-state index contributed by atoms with van der Waals surface area (Å²) in [4.78, 5) is 40.3. The number of methoxy groups -OCH3 is 1. The molecule has 2 aromatic carbocycles. The molecule has 1 atom stereocenters. The molecule has 1 amide bonds. The summed E-state index contributed by atoms with van der Waals surface area (Å²) in [6.45, 7) is 1.56. The molecule has 0 radical (unpaired) electrons. The zero-order valence-corrected chi connectivity index (χ0v) is 17.7. The Bertz CT molecular complexity index is 1260. The molecule has 0 fully saturated rings. The second-order valence-electron chi connectivity index (χ2n) is 7.10. The zero-order chi connectivity index (χ0) is 23.5. The monoisotopic (exact) mass is 446 g/mol. The van der Waals surface area contributed by atoms with Crippen LogP contribution >= 0.6 is 0 Å². The van der Waals surface area contributed by atoms with Crippen LogP contribution in [0.4, 0.5) is 11.4 Å². The minimum atomic E-state index is -1.24. The van der Waals surface area contributed by atoms with E-state index in [2.05, 4.69) is 10.1 Å². The highest BCUT2D eigenvalue weighted by Gasteiger charge is 2.41. The molecule has 1 aliphatic heterocycles. The summed E-state index contributed by atoms with van der Waals surface area (Å²) in [7, 11) is 1.54. The SMILES string of the molecule is COc1ccc(N2N=C(C)C(C(=O)Oc3ccc([N+](=O)[O-])cc3)C2=O)cc1-c1ccccn1. The van der Waals surface area contributed by atoms with E-state index in [0.717, 1.165) is 5.01 Å². The Hall–Kier alpha value is -4.60. The highest BCUT2D eigenvalue weighted by atomic mass is 16.6. The third-order valence-electron chi connectivity index (χ3n) is 5.00. The molecule has 0 bridgehead atoms. The van der Waals surface area contributed by atoms with Gasteiger partial charge in [0, 0.05) is 23.9 Å². The average molecular weight is 446 g/mol. The Labute approximate surface area is 188 Å². The molecule has 1 unspecified atom stereocenters. The number of esters is 1. The first-order valence-electron chi connectivity index (χ1n) is 9.83. The average Bonchev–Trinajstić information content (AvgIpc) is 3.13. The van der Waals surface area contributed by atoms with Crippen molar-refractivity contribution in [2.24, 2.45) is 11.0 Å². The lowest BCUT2D eigenvalue weighted by molar-refractivity contribution is -0.384. The van der Waals surface area contributed by atoms with Crippen LogP contribution in [0.15, 0.2) is 72.0 Å². The van der Waals surface area contributed by atoms with Gasteiger partial charge in [0.1, 0.15) is 11.5 Å². The lowest BCUT2D eigenvalue weighted by Crippen LogP contribution is -2.35. The van der Waals surface area contributed by atoms with Gasteiger partial charge in [-0.15, -0.1) is 0 Å². The number of pyridine rings is 1. The Kier molecular flexibility index (Phi) is 5.81. The van der Waals surface area contributed by atoms with Gasteiger partial charge in [-0.1, -0.05) is 6.07 Å². The van der Waals surface area contributed by atoms with Gasteiger partial charge in [-0.3, -0.25) is 24.7 Å². The lowest BCUT2D eigenvalue weighted by atomic mass is 10.0. The molecule has 10 heteroatoms. The van der Waals surface area contributed by atoms with Crippen molar-refractivity contribution in [3.8, 4) is 22.8 Å². The molecule has 0 N–H and O–H groups in total. The van der Waals surface area contributed by atoms with E-state index < -0.39 is 22.7 Å². The third-order valence-corrected chi connectivity index (χ3v) is 5.00. The third kappa shape index (κ3) is 4.26. The molecular weight excluding hydrogens is 428 g/mol. The van der Waals surface area contributed by atoms with E-state index in [9.17, 15) is 19.7 Å². The van der Waals surface area contributed by atoms with Crippen molar-refractivity contribution >= 4 is 29.0 Å². The standard InChI is InChI=1S/C23H18N4O6/c1-14-21(23(29)33-17-9-6-15(7-10-17)27(30)31)22(28)26(25-14)16-8-11-20(32-2)18(13-16)19-5-3-4-12-24-19/h3-13,21H,1-2H3. The van der Waals surface area contributed by atoms with Crippen LogP contribution in [-0.4, -0.2) is 34.6 Å². The summed E-state index contributed by atoms with van der Waals surface area (Å²) in [5, 5.41) is 16.2. The minimum absolute atomic E-state index is 0.0894. The Balaban J connectivity index is 1.57. The number of benzene rings is 2. The van der Waals surface area contributed by atoms with E-state index >= 15 is 0 Å². The maximum Gasteiger partial charge on any atom is 0.329 e. The fourth-order valence-corrected chi connectivity index (χ4v) is 3.38. The van der Waals surface area contributed by atoms with Crippen molar-refractivity contribution < 1.29 is 24.0 Å². The summed E-state index contributed by atoms with van der Waals surface area (Å²) >= 11 is 0. The largest absolute Gasteiger partial charge is 0.496 e. The van der Waals surface area contributed by atoms with Crippen LogP contribution in [0.25, 0.3) is 11.3 Å². The van der Waals surface area contributed by atoms with E-state index in [-0.39, 0.29) is 17.1 Å². The zero-order valence-electron chi connectivity index (χ0n) is 17.7. The Morgan fingerprint density at radius 1 is 1.12 bits per heavy atom. The van der Waals surface area contributed by atoms with Crippen molar-refractivity contribution in [2.45, 2.75) is 6.92 Å². The first-order valence-corrected chi connectivity index (χ1v) is 9.83. The Morgan fingerprint density at radius 2 is 1.88 bits per heavy atom. The number of nitro benzene ring substituents is 1. The van der Waals surface area contributed by atoms with E-state index in [1.165, 1.54) is 31.4 Å². The van der Waals surface area contributed by atoms with Crippen LogP contribution in [0.5, 0.6) is 11.5 Å². The molecule has 10 nitrogen and oxygen atoms in total. The van der Waals surface area contributed by atoms with Gasteiger partial charge in [0.25, 0.3) is 11.6 Å². The fraction of sp³-hybridized carbons (Fsp3) is 0.130. The fourth-order valence-electron chi connectivity index (χ4n) is 3.38. The van der Waals surface area contributed by atoms with Crippen molar-refractivity contribution in [3.05, 3.63) is 77.0 Å². The van der Waals surface area contributed by atoms with E-state index in [4.69, 9.17) is 9.47 Å². The first kappa shape index (κ1) is 21.6. The molecule has 4 rings (SSSR count). The number of hydrogen-bond donors (Lipinski definition) is 0. The molecule has 0 saturated heterocycles. The maximum absolute atomic E-state index is 13.1. The number of rotatable bonds is 6. The second-order valence-corrected chi connectivity index (χ2v) is 7.10. The van der Waals surface area contributed by atoms with Gasteiger partial charge < -0.3 is 9.47 Å². The molecule has 0 spiro atoms. The van der Waals surface area contributed by atoms with Gasteiger partial charge in [-0.25, -0.2) is 0 Å². The van der Waals surface area contributed by atoms with Gasteiger partial charge in [0.15, 0.2) is 5.92 Å². The molecule has 0 aliphatic carbocycles. The van der Waals surface area contributed by atoms with Crippen LogP contribution in [0.3, 0.4) is 0 Å². The van der Waals surface area contributed by atoms with Crippen LogP contribution in [0.2, 0.25) is 0 Å². The number of non-ortho nitro benzene ring substituents is 1. The number of hydrazone groups is 1. The first-order chi connectivity index (χ1) is 15.9. The van der Waals surface area contributed by atoms with Crippen LogP contribution in [-0.2, 0) is 9.59 Å². The van der Waals surface area contributed by atoms with Gasteiger partial charge in [0.05, 0.1) is 29.1 Å². The number of carbonyl (C=O) groups is 2. The predicted octanol–water partition coefficient (Wildman–Crippen LogP) is 3.61. The van der Waals surface area contributed by atoms with Crippen molar-refractivity contribution in [3.63, 3.8) is 0 Å². The lowest BCUT2D eigenvalue weighted by Gasteiger charge is -2.16. The topological polar surface area (TPSA) is 124 Å². The number of carbonyl (C=O) groups excluding carboxylic acids is 2. The van der Waals surface area contributed by atoms with Crippen LogP contribution in [0, 0.1) is 16.0 Å². The molecule has 1 aliphatic rings. The molecule has 0 saturated carbocycles. The van der Waals surface area contributed by atoms with E-state index in [1.807, 2.05) is 12.1 Å². The van der Waals surface area contributed by atoms with Crippen molar-refractivity contribution in [1.29, 1.82) is 0 Å². The number of ether oxygens (including phenoxy) is 2. The second kappa shape index (κ2) is 8.87. The molecule has 2 heterocycles. The smallest absolute Gasteiger partial charge is 0.329 e. The summed E-state index contributed by atoms with van der Waals surface area (Å²) < 4.78 is 10.7. The summed E-state index contributed by atoms with van der Waals surface area (Å²) in [6, 6.07) is 15.5. The summed E-state index contributed by atoms with van der Waals surface area (Å²) in [5.74, 6) is -1.97. The maximum atomic E-state index is 13.1. The quantitative estimate of drug-likeness (QED) is 0.186. The van der Waals surface area contributed by atoms with Gasteiger partial charge >= 0.3 is 5.97 Å². The summed E-state index contributed by atoms with van der Waals surface area (Å²) in [6.07, 6.45) is 1.65. The highest BCUT2D eigenvalue weighted by Crippen LogP contribution is 2.34. The molecule has 33 heavy (non-hydrogen) atoms. The number of nitrogens with zero attached hydrogens (tertiary/aromatic N) is 4. The van der Waals surface area contributed by atoms with Gasteiger partial charge in [0.2, 0.25) is 0 Å². The van der Waals surface area contributed by atoms with Crippen LogP contribution in [0.1, 0.15) is 6.92 Å². The molecule has 3 aromatic rings. The van der Waals surface area contributed by atoms with E-state index in [1.54, 1.807) is 37.4 Å². The number of aromatic nitrogens is 1. The highest BCUT2D eigenvalue weighted by molar-refractivity contribution is 6.25. The number of nitro groups is 1. The Morgan fingerprint density at radius 3 is 2.52 bits per heavy atom. The van der Waals surface area contributed by atoms with Gasteiger partial charge in [-0.05, 0) is 49.4 Å². The minimum Gasteiger partial charge on any atom is -0.496 e. The summed E-state index contributed by atoms with van der Waals surface area (Å²) in [5.41, 5.74) is 1.87. The normalized spacial score (nSPS) is 15.2. The number of amides is 1. The molecule has 1 aromatic heterocycles. The number of anilines is 1. The molecule has 166 valence electrons. The molecular formula is C23H18N4O6. The predicted molar refractivity (Wildman–Crippen MR) is 119 cm³/mol. The van der Waals surface area contributed by atoms with Gasteiger partial charge in [-0.2, -0.15) is 10.1 Å². The van der Waals surface area contributed by atoms with Crippen molar-refractivity contribution in [2.75, 3.05) is 12.1 Å². The van der Waals surface area contributed by atoms with Crippen LogP contribution < -0.4 is 14.5 Å². The number of hydrogen-bond acceptors (Lipinski definition) is 8.